The number of hydrogen-bond acceptors (Lipinski definition) is 3. The molecule has 3 N–H and O–H groups in total. The van der Waals surface area contributed by atoms with E-state index in [0.717, 1.165) is 12.1 Å². The van der Waals surface area contributed by atoms with Crippen LogP contribution in [0.2, 0.25) is 0 Å². The van der Waals surface area contributed by atoms with Gasteiger partial charge in [-0.15, -0.1) is 0 Å². The Morgan fingerprint density at radius 3 is 3.06 bits per heavy atom. The Labute approximate surface area is 108 Å². The lowest BCUT2D eigenvalue weighted by Gasteiger charge is -2.11. The van der Waals surface area contributed by atoms with Crippen molar-refractivity contribution in [2.24, 2.45) is 11.7 Å². The highest BCUT2D eigenvalue weighted by molar-refractivity contribution is 5.76. The highest BCUT2D eigenvalue weighted by atomic mass is 16.1. The summed E-state index contributed by atoms with van der Waals surface area (Å²) in [4.78, 5) is 16.0. The Morgan fingerprint density at radius 1 is 1.61 bits per heavy atom. The van der Waals surface area contributed by atoms with Gasteiger partial charge in [0.25, 0.3) is 0 Å². The van der Waals surface area contributed by atoms with Crippen molar-refractivity contribution in [3.63, 3.8) is 0 Å². The van der Waals surface area contributed by atoms with Gasteiger partial charge in [-0.2, -0.15) is 0 Å². The number of carbonyl (C=O) groups is 1. The van der Waals surface area contributed by atoms with Gasteiger partial charge >= 0.3 is 0 Å². The van der Waals surface area contributed by atoms with Gasteiger partial charge in [-0.05, 0) is 36.8 Å². The first-order chi connectivity index (χ1) is 8.70. The van der Waals surface area contributed by atoms with Gasteiger partial charge in [-0.25, -0.2) is 0 Å². The number of nitrogens with zero attached hydrogens (tertiary/aromatic N) is 1. The summed E-state index contributed by atoms with van der Waals surface area (Å²) in [6.07, 6.45) is 5.47. The fourth-order valence-electron chi connectivity index (χ4n) is 2.11. The lowest BCUT2D eigenvalue weighted by molar-refractivity contribution is -0.121. The maximum Gasteiger partial charge on any atom is 0.221 e. The molecule has 1 aromatic rings. The highest BCUT2D eigenvalue weighted by Gasteiger charge is 2.29. The van der Waals surface area contributed by atoms with Gasteiger partial charge in [0.2, 0.25) is 5.91 Å². The predicted octanol–water partition coefficient (Wildman–Crippen LogP) is 1.39. The average molecular weight is 247 g/mol. The molecule has 0 saturated heterocycles. The van der Waals surface area contributed by atoms with Crippen LogP contribution in [-0.2, 0) is 17.8 Å². The first-order valence-electron chi connectivity index (χ1n) is 6.65. The smallest absolute Gasteiger partial charge is 0.221 e. The molecule has 1 fully saturated rings. The second kappa shape index (κ2) is 5.96. The lowest BCUT2D eigenvalue weighted by Crippen LogP contribution is -2.33. The molecule has 98 valence electrons. The number of carbonyl (C=O) groups excluding carboxylic acids is 1. The van der Waals surface area contributed by atoms with Crippen LogP contribution >= 0.6 is 0 Å². The van der Waals surface area contributed by atoms with E-state index < -0.39 is 0 Å². The lowest BCUT2D eigenvalue weighted by atomic mass is 10.1. The number of nitrogens with one attached hydrogen (secondary N) is 1. The predicted molar refractivity (Wildman–Crippen MR) is 70.8 cm³/mol. The minimum Gasteiger partial charge on any atom is -0.350 e. The van der Waals surface area contributed by atoms with Crippen LogP contribution in [-0.4, -0.2) is 16.9 Å². The van der Waals surface area contributed by atoms with Crippen molar-refractivity contribution >= 4 is 5.91 Å². The topological polar surface area (TPSA) is 68.0 Å². The Morgan fingerprint density at radius 2 is 2.39 bits per heavy atom. The molecule has 0 radical (unpaired) electrons. The number of aromatic nitrogens is 1. The average Bonchev–Trinajstić information content (AvgIpc) is 3.21. The second-order valence-electron chi connectivity index (χ2n) is 4.94. The van der Waals surface area contributed by atoms with Crippen molar-refractivity contribution < 1.29 is 4.79 Å². The first kappa shape index (κ1) is 13.0. The van der Waals surface area contributed by atoms with Crippen LogP contribution in [0.4, 0.5) is 0 Å². The molecule has 1 aromatic heterocycles. The minimum absolute atomic E-state index is 0.0272. The third-order valence-corrected chi connectivity index (χ3v) is 3.47. The molecule has 1 heterocycles. The number of hydrogen-bond donors (Lipinski definition) is 2. The van der Waals surface area contributed by atoms with Crippen LogP contribution in [0.3, 0.4) is 0 Å². The van der Waals surface area contributed by atoms with Crippen LogP contribution < -0.4 is 11.1 Å². The molecule has 1 unspecified atom stereocenters. The second-order valence-corrected chi connectivity index (χ2v) is 4.94. The number of rotatable bonds is 6. The quantitative estimate of drug-likeness (QED) is 0.798. The van der Waals surface area contributed by atoms with Crippen molar-refractivity contribution in [1.82, 2.24) is 10.3 Å². The van der Waals surface area contributed by atoms with Gasteiger partial charge in [0.1, 0.15) is 0 Å². The maximum atomic E-state index is 11.7. The molecule has 0 spiro atoms. The Hall–Kier alpha value is -1.42. The zero-order chi connectivity index (χ0) is 13.0. The third kappa shape index (κ3) is 3.53. The van der Waals surface area contributed by atoms with E-state index in [1.54, 1.807) is 6.20 Å². The summed E-state index contributed by atoms with van der Waals surface area (Å²) < 4.78 is 0. The van der Waals surface area contributed by atoms with E-state index in [2.05, 4.69) is 17.2 Å². The summed E-state index contributed by atoms with van der Waals surface area (Å²) in [7, 11) is 0. The van der Waals surface area contributed by atoms with E-state index >= 15 is 0 Å². The number of nitrogens with two attached hydrogens (primary N) is 1. The maximum absolute atomic E-state index is 11.7. The third-order valence-electron chi connectivity index (χ3n) is 3.47. The van der Waals surface area contributed by atoms with Crippen molar-refractivity contribution in [3.05, 3.63) is 29.6 Å². The Bertz CT molecular complexity index is 415. The van der Waals surface area contributed by atoms with E-state index in [1.807, 2.05) is 12.1 Å². The molecule has 0 aliphatic heterocycles. The van der Waals surface area contributed by atoms with Gasteiger partial charge in [0.05, 0.1) is 12.2 Å². The first-order valence-corrected chi connectivity index (χ1v) is 6.65. The van der Waals surface area contributed by atoms with Crippen molar-refractivity contribution in [3.8, 4) is 0 Å². The van der Waals surface area contributed by atoms with Gasteiger partial charge in [-0.1, -0.05) is 13.0 Å². The van der Waals surface area contributed by atoms with Gasteiger partial charge in [0, 0.05) is 18.7 Å². The Kier molecular flexibility index (Phi) is 4.31. The van der Waals surface area contributed by atoms with E-state index in [1.165, 1.54) is 18.4 Å². The summed E-state index contributed by atoms with van der Waals surface area (Å²) in [5, 5.41) is 2.91. The molecule has 2 rings (SSSR count). The standard InChI is InChI=1S/C14H21N3O/c1-2-10-4-3-7-16-13(10)9-17-14(18)8-12(15)11-5-6-11/h3-4,7,11-12H,2,5-6,8-9,15H2,1H3,(H,17,18). The molecule has 1 atom stereocenters. The molecule has 18 heavy (non-hydrogen) atoms. The summed E-state index contributed by atoms with van der Waals surface area (Å²) >= 11 is 0. The normalized spacial score (nSPS) is 16.3. The van der Waals surface area contributed by atoms with Crippen LogP contribution in [0, 0.1) is 5.92 Å². The van der Waals surface area contributed by atoms with E-state index in [-0.39, 0.29) is 11.9 Å². The summed E-state index contributed by atoms with van der Waals surface area (Å²) in [5.74, 6) is 0.596. The largest absolute Gasteiger partial charge is 0.350 e. The fourth-order valence-corrected chi connectivity index (χ4v) is 2.11. The molecule has 0 aromatic carbocycles. The molecule has 1 aliphatic rings. The monoisotopic (exact) mass is 247 g/mol. The molecule has 0 bridgehead atoms. The molecule has 1 aliphatic carbocycles. The Balaban J connectivity index is 1.81. The van der Waals surface area contributed by atoms with Crippen LogP contribution in [0.15, 0.2) is 18.3 Å². The van der Waals surface area contributed by atoms with Crippen LogP contribution in [0.1, 0.15) is 37.4 Å². The summed E-state index contributed by atoms with van der Waals surface area (Å²) in [6, 6.07) is 4.00. The fraction of sp³-hybridized carbons (Fsp3) is 0.571. The summed E-state index contributed by atoms with van der Waals surface area (Å²) in [5.41, 5.74) is 8.07. The summed E-state index contributed by atoms with van der Waals surface area (Å²) in [6.45, 7) is 2.59. The highest BCUT2D eigenvalue weighted by Crippen LogP contribution is 2.32. The van der Waals surface area contributed by atoms with Crippen LogP contribution in [0.25, 0.3) is 0 Å². The van der Waals surface area contributed by atoms with E-state index in [9.17, 15) is 4.79 Å². The molecular weight excluding hydrogens is 226 g/mol. The minimum atomic E-state index is 0.0272. The number of amides is 1. The molecular formula is C14H21N3O. The van der Waals surface area contributed by atoms with Gasteiger partial charge in [-0.3, -0.25) is 9.78 Å². The molecule has 4 heteroatoms. The number of aryl methyl sites for hydroxylation is 1. The SMILES string of the molecule is CCc1cccnc1CNC(=O)CC(N)C1CC1. The number of pyridine rings is 1. The zero-order valence-electron chi connectivity index (χ0n) is 10.9. The molecule has 4 nitrogen and oxygen atoms in total. The molecule has 1 amide bonds. The van der Waals surface area contributed by atoms with E-state index in [4.69, 9.17) is 5.73 Å². The van der Waals surface area contributed by atoms with Crippen molar-refractivity contribution in [1.29, 1.82) is 0 Å². The van der Waals surface area contributed by atoms with Gasteiger partial charge < -0.3 is 11.1 Å². The zero-order valence-corrected chi connectivity index (χ0v) is 10.9. The van der Waals surface area contributed by atoms with Crippen LogP contribution in [0.5, 0.6) is 0 Å². The van der Waals surface area contributed by atoms with Crippen molar-refractivity contribution in [2.45, 2.75) is 45.2 Å². The van der Waals surface area contributed by atoms with Crippen molar-refractivity contribution in [2.75, 3.05) is 0 Å². The van der Waals surface area contributed by atoms with Gasteiger partial charge in [0.15, 0.2) is 0 Å². The van der Waals surface area contributed by atoms with E-state index in [0.29, 0.717) is 18.9 Å². The molecule has 1 saturated carbocycles.